The Labute approximate surface area is 158 Å². The third-order valence-corrected chi connectivity index (χ3v) is 6.64. The van der Waals surface area contributed by atoms with Crippen molar-refractivity contribution in [2.45, 2.75) is 71.1 Å². The number of esters is 1. The van der Waals surface area contributed by atoms with Crippen LogP contribution in [0.4, 0.5) is 0 Å². The molecule has 3 heteroatoms. The number of hydrogen-bond acceptors (Lipinski definition) is 3. The molecule has 1 aromatic carbocycles. The molecule has 0 aliphatic heterocycles. The number of methoxy groups -OCH3 is 1. The molecule has 0 unspecified atom stereocenters. The largest absolute Gasteiger partial charge is 0.497 e. The van der Waals surface area contributed by atoms with E-state index in [-0.39, 0.29) is 11.9 Å². The highest BCUT2D eigenvalue weighted by Crippen LogP contribution is 2.42. The molecule has 0 bridgehead atoms. The van der Waals surface area contributed by atoms with E-state index in [1.807, 2.05) is 12.1 Å². The van der Waals surface area contributed by atoms with Crippen LogP contribution in [0.25, 0.3) is 0 Å². The number of ether oxygens (including phenoxy) is 2. The van der Waals surface area contributed by atoms with Crippen molar-refractivity contribution in [3.63, 3.8) is 0 Å². The second-order valence-corrected chi connectivity index (χ2v) is 8.28. The fourth-order valence-electron chi connectivity index (χ4n) is 5.03. The Hall–Kier alpha value is -1.51. The minimum Gasteiger partial charge on any atom is -0.497 e. The Balaban J connectivity index is 1.42. The van der Waals surface area contributed by atoms with Gasteiger partial charge in [0.15, 0.2) is 0 Å². The maximum absolute atomic E-state index is 12.5. The van der Waals surface area contributed by atoms with Crippen molar-refractivity contribution in [1.82, 2.24) is 0 Å². The number of hydrogen-bond donors (Lipinski definition) is 0. The molecule has 0 aromatic heterocycles. The van der Waals surface area contributed by atoms with Gasteiger partial charge in [-0.2, -0.15) is 0 Å². The lowest BCUT2D eigenvalue weighted by atomic mass is 9.69. The van der Waals surface area contributed by atoms with Gasteiger partial charge < -0.3 is 9.47 Å². The third kappa shape index (κ3) is 5.02. The van der Waals surface area contributed by atoms with Crippen LogP contribution >= 0.6 is 0 Å². The molecule has 0 spiro atoms. The van der Waals surface area contributed by atoms with Gasteiger partial charge in [-0.05, 0) is 80.5 Å². The minimum absolute atomic E-state index is 0.0553. The van der Waals surface area contributed by atoms with Crippen molar-refractivity contribution < 1.29 is 14.3 Å². The molecule has 1 aromatic rings. The average Bonchev–Trinajstić information content (AvgIpc) is 2.69. The lowest BCUT2D eigenvalue weighted by molar-refractivity contribution is -0.140. The molecule has 0 N–H and O–H groups in total. The molecular weight excluding hydrogens is 324 g/mol. The molecule has 2 saturated carbocycles. The monoisotopic (exact) mass is 358 g/mol. The van der Waals surface area contributed by atoms with Crippen molar-refractivity contribution in [2.75, 3.05) is 7.11 Å². The first-order chi connectivity index (χ1) is 12.7. The van der Waals surface area contributed by atoms with Crippen LogP contribution in [0.15, 0.2) is 24.3 Å². The summed E-state index contributed by atoms with van der Waals surface area (Å²) in [6.07, 6.45) is 12.8. The summed E-state index contributed by atoms with van der Waals surface area (Å²) >= 11 is 0. The standard InChI is InChI=1S/C23H34O3/c1-3-4-17-5-7-18(8-6-17)19-9-11-20(12-10-19)23(24)26-22-15-13-21(25-2)14-16-22/h13-20H,3-12H2,1-2H3. The van der Waals surface area contributed by atoms with E-state index in [2.05, 4.69) is 6.92 Å². The van der Waals surface area contributed by atoms with Crippen molar-refractivity contribution in [2.24, 2.45) is 23.7 Å². The van der Waals surface area contributed by atoms with E-state index < -0.39 is 0 Å². The normalized spacial score (nSPS) is 29.2. The Morgan fingerprint density at radius 2 is 1.42 bits per heavy atom. The Kier molecular flexibility index (Phi) is 6.99. The first-order valence-electron chi connectivity index (χ1n) is 10.5. The Morgan fingerprint density at radius 1 is 0.885 bits per heavy atom. The summed E-state index contributed by atoms with van der Waals surface area (Å²) in [5.41, 5.74) is 0. The van der Waals surface area contributed by atoms with Crippen LogP contribution in [0.5, 0.6) is 11.5 Å². The maximum Gasteiger partial charge on any atom is 0.314 e. The van der Waals surface area contributed by atoms with Crippen LogP contribution in [0.1, 0.15) is 71.1 Å². The van der Waals surface area contributed by atoms with Crippen LogP contribution in [0, 0.1) is 23.7 Å². The molecule has 144 valence electrons. The summed E-state index contributed by atoms with van der Waals surface area (Å²) in [5.74, 6) is 4.13. The highest BCUT2D eigenvalue weighted by Gasteiger charge is 2.33. The molecule has 3 nitrogen and oxygen atoms in total. The molecular formula is C23H34O3. The van der Waals surface area contributed by atoms with Crippen LogP contribution in [0.2, 0.25) is 0 Å². The minimum atomic E-state index is -0.0553. The third-order valence-electron chi connectivity index (χ3n) is 6.64. The van der Waals surface area contributed by atoms with E-state index in [1.54, 1.807) is 19.2 Å². The molecule has 3 rings (SSSR count). The summed E-state index contributed by atoms with van der Waals surface area (Å²) in [5, 5.41) is 0. The van der Waals surface area contributed by atoms with Crippen molar-refractivity contribution >= 4 is 5.97 Å². The zero-order valence-electron chi connectivity index (χ0n) is 16.4. The smallest absolute Gasteiger partial charge is 0.314 e. The topological polar surface area (TPSA) is 35.5 Å². The van der Waals surface area contributed by atoms with Crippen LogP contribution in [0.3, 0.4) is 0 Å². The number of benzene rings is 1. The molecule has 0 amide bonds. The molecule has 2 aliphatic carbocycles. The quantitative estimate of drug-likeness (QED) is 0.461. The van der Waals surface area contributed by atoms with E-state index in [0.29, 0.717) is 5.75 Å². The van der Waals surface area contributed by atoms with Crippen molar-refractivity contribution in [3.8, 4) is 11.5 Å². The molecule has 2 fully saturated rings. The summed E-state index contributed by atoms with van der Waals surface area (Å²) in [6, 6.07) is 7.26. The average molecular weight is 359 g/mol. The number of carbonyl (C=O) groups excluding carboxylic acids is 1. The summed E-state index contributed by atoms with van der Waals surface area (Å²) in [4.78, 5) is 12.5. The lowest BCUT2D eigenvalue weighted by Crippen LogP contribution is -2.30. The van der Waals surface area contributed by atoms with E-state index >= 15 is 0 Å². The van der Waals surface area contributed by atoms with Crippen molar-refractivity contribution in [3.05, 3.63) is 24.3 Å². The first-order valence-corrected chi connectivity index (χ1v) is 10.5. The fourth-order valence-corrected chi connectivity index (χ4v) is 5.03. The van der Waals surface area contributed by atoms with Gasteiger partial charge >= 0.3 is 5.97 Å². The van der Waals surface area contributed by atoms with Gasteiger partial charge in [0.05, 0.1) is 13.0 Å². The molecule has 0 radical (unpaired) electrons. The predicted molar refractivity (Wildman–Crippen MR) is 104 cm³/mol. The Bertz CT molecular complexity index is 549. The lowest BCUT2D eigenvalue weighted by Gasteiger charge is -2.37. The molecule has 26 heavy (non-hydrogen) atoms. The first kappa shape index (κ1) is 19.3. The van der Waals surface area contributed by atoms with E-state index in [0.717, 1.165) is 36.3 Å². The van der Waals surface area contributed by atoms with E-state index in [1.165, 1.54) is 51.4 Å². The fraction of sp³-hybridized carbons (Fsp3) is 0.696. The zero-order valence-corrected chi connectivity index (χ0v) is 16.4. The van der Waals surface area contributed by atoms with Crippen molar-refractivity contribution in [1.29, 1.82) is 0 Å². The van der Waals surface area contributed by atoms with E-state index in [4.69, 9.17) is 9.47 Å². The van der Waals surface area contributed by atoms with Gasteiger partial charge in [-0.3, -0.25) is 4.79 Å². The van der Waals surface area contributed by atoms with Gasteiger partial charge in [-0.1, -0.05) is 32.6 Å². The van der Waals surface area contributed by atoms with Gasteiger partial charge in [0.25, 0.3) is 0 Å². The number of rotatable bonds is 6. The van der Waals surface area contributed by atoms with Gasteiger partial charge in [-0.25, -0.2) is 0 Å². The Morgan fingerprint density at radius 3 is 1.96 bits per heavy atom. The molecule has 2 aliphatic rings. The van der Waals surface area contributed by atoms with Crippen LogP contribution < -0.4 is 9.47 Å². The summed E-state index contributed by atoms with van der Waals surface area (Å²) in [7, 11) is 1.63. The van der Waals surface area contributed by atoms with Crippen LogP contribution in [-0.4, -0.2) is 13.1 Å². The predicted octanol–water partition coefficient (Wildman–Crippen LogP) is 6.01. The molecule has 0 saturated heterocycles. The van der Waals surface area contributed by atoms with Gasteiger partial charge in [0.1, 0.15) is 11.5 Å². The number of carbonyl (C=O) groups is 1. The second kappa shape index (κ2) is 9.43. The second-order valence-electron chi connectivity index (χ2n) is 8.28. The molecule has 0 atom stereocenters. The van der Waals surface area contributed by atoms with Gasteiger partial charge in [0.2, 0.25) is 0 Å². The highest BCUT2D eigenvalue weighted by molar-refractivity contribution is 5.75. The van der Waals surface area contributed by atoms with Gasteiger partial charge in [-0.15, -0.1) is 0 Å². The highest BCUT2D eigenvalue weighted by atomic mass is 16.5. The summed E-state index contributed by atoms with van der Waals surface area (Å²) < 4.78 is 10.7. The molecule has 0 heterocycles. The van der Waals surface area contributed by atoms with Crippen LogP contribution in [-0.2, 0) is 4.79 Å². The summed E-state index contributed by atoms with van der Waals surface area (Å²) in [6.45, 7) is 2.30. The van der Waals surface area contributed by atoms with Gasteiger partial charge in [0, 0.05) is 0 Å². The zero-order chi connectivity index (χ0) is 18.4. The SMILES string of the molecule is CCCC1CCC(C2CCC(C(=O)Oc3ccc(OC)cc3)CC2)CC1. The van der Waals surface area contributed by atoms with E-state index in [9.17, 15) is 4.79 Å². The maximum atomic E-state index is 12.5.